The lowest BCUT2D eigenvalue weighted by molar-refractivity contribution is -0.127. The Morgan fingerprint density at radius 3 is 2.52 bits per heavy atom. The van der Waals surface area contributed by atoms with Crippen LogP contribution in [0.15, 0.2) is 11.6 Å². The molecule has 31 heavy (non-hydrogen) atoms. The first-order chi connectivity index (χ1) is 14.3. The van der Waals surface area contributed by atoms with Gasteiger partial charge in [-0.1, -0.05) is 11.6 Å². The van der Waals surface area contributed by atoms with Crippen LogP contribution in [0.25, 0.3) is 0 Å². The Bertz CT molecular complexity index is 739. The molecule has 3 fully saturated rings. The summed E-state index contributed by atoms with van der Waals surface area (Å²) in [7, 11) is 1.59. The van der Waals surface area contributed by atoms with Gasteiger partial charge in [-0.15, -0.1) is 0 Å². The second-order valence-corrected chi connectivity index (χ2v) is 9.95. The maximum atomic E-state index is 12.5. The minimum Gasteiger partial charge on any atom is -0.443 e. The lowest BCUT2D eigenvalue weighted by atomic mass is 9.68. The third-order valence-electron chi connectivity index (χ3n) is 6.75. The van der Waals surface area contributed by atoms with Crippen molar-refractivity contribution in [2.45, 2.75) is 95.0 Å². The van der Waals surface area contributed by atoms with Crippen LogP contribution in [0.1, 0.15) is 53.9 Å². The molecule has 9 heteroatoms. The van der Waals surface area contributed by atoms with Gasteiger partial charge in [-0.3, -0.25) is 4.79 Å². The van der Waals surface area contributed by atoms with Crippen LogP contribution in [0.4, 0.5) is 4.79 Å². The summed E-state index contributed by atoms with van der Waals surface area (Å²) in [4.78, 5) is 24.2. The van der Waals surface area contributed by atoms with E-state index in [0.717, 1.165) is 6.42 Å². The first-order valence-electron chi connectivity index (χ1n) is 10.8. The molecule has 0 aromatic rings. The molecule has 2 amide bonds. The van der Waals surface area contributed by atoms with Crippen LogP contribution in [0.2, 0.25) is 0 Å². The van der Waals surface area contributed by atoms with Crippen LogP contribution in [-0.4, -0.2) is 72.0 Å². The average molecular weight is 441 g/mol. The van der Waals surface area contributed by atoms with E-state index < -0.39 is 41.5 Å². The van der Waals surface area contributed by atoms with Crippen LogP contribution in [0, 0.1) is 5.92 Å². The van der Waals surface area contributed by atoms with Crippen molar-refractivity contribution in [1.29, 1.82) is 0 Å². The van der Waals surface area contributed by atoms with Gasteiger partial charge in [0.1, 0.15) is 29.5 Å². The summed E-state index contributed by atoms with van der Waals surface area (Å²) in [5, 5.41) is 12.5. The molecule has 3 rings (SSSR count). The van der Waals surface area contributed by atoms with Gasteiger partial charge < -0.3 is 35.1 Å². The topological polar surface area (TPSA) is 136 Å². The molecular formula is C22H36N2O7. The summed E-state index contributed by atoms with van der Waals surface area (Å²) in [5.74, 6) is -0.950. The van der Waals surface area contributed by atoms with E-state index in [0.29, 0.717) is 19.4 Å². The van der Waals surface area contributed by atoms with Crippen LogP contribution in [0.3, 0.4) is 0 Å². The van der Waals surface area contributed by atoms with Crippen LogP contribution >= 0.6 is 0 Å². The molecule has 7 atom stereocenters. The minimum atomic E-state index is -1.53. The van der Waals surface area contributed by atoms with Gasteiger partial charge in [-0.25, -0.2) is 4.79 Å². The lowest BCUT2D eigenvalue weighted by Crippen LogP contribution is -2.59. The second kappa shape index (κ2) is 8.35. The summed E-state index contributed by atoms with van der Waals surface area (Å²) in [5.41, 5.74) is 4.26. The number of carbonyl (C=O) groups is 2. The molecule has 0 radical (unpaired) electrons. The fraction of sp³-hybridized carbons (Fsp3) is 0.818. The number of nitrogens with two attached hydrogens (primary N) is 1. The molecule has 2 unspecified atom stereocenters. The van der Waals surface area contributed by atoms with E-state index in [2.05, 4.69) is 32.2 Å². The van der Waals surface area contributed by atoms with Crippen LogP contribution in [-0.2, 0) is 23.7 Å². The SMILES string of the molecule is CO[C@H]1C(C2(C)O[C@@H]2CC=C(C)C)[C@]2(CC[C@H]1OC(=O)N[C@@H](C(N)=O)C(C)(C)O)CO2. The third kappa shape index (κ3) is 4.89. The van der Waals surface area contributed by atoms with Crippen molar-refractivity contribution in [2.24, 2.45) is 11.7 Å². The Morgan fingerprint density at radius 2 is 2.03 bits per heavy atom. The second-order valence-electron chi connectivity index (χ2n) is 9.95. The van der Waals surface area contributed by atoms with Gasteiger partial charge in [0.25, 0.3) is 0 Å². The maximum Gasteiger partial charge on any atom is 0.408 e. The van der Waals surface area contributed by atoms with E-state index in [1.54, 1.807) is 7.11 Å². The number of ether oxygens (including phenoxy) is 4. The summed E-state index contributed by atoms with van der Waals surface area (Å²) in [6.07, 6.45) is 2.47. The molecule has 2 saturated heterocycles. The highest BCUT2D eigenvalue weighted by Crippen LogP contribution is 2.59. The van der Waals surface area contributed by atoms with Gasteiger partial charge >= 0.3 is 6.09 Å². The fourth-order valence-corrected chi connectivity index (χ4v) is 4.96. The van der Waals surface area contributed by atoms with E-state index in [1.165, 1.54) is 19.4 Å². The number of hydrogen-bond donors (Lipinski definition) is 3. The van der Waals surface area contributed by atoms with Crippen molar-refractivity contribution >= 4 is 12.0 Å². The molecule has 0 aromatic carbocycles. The van der Waals surface area contributed by atoms with Crippen LogP contribution < -0.4 is 11.1 Å². The number of aliphatic hydroxyl groups is 1. The first-order valence-corrected chi connectivity index (χ1v) is 10.8. The van der Waals surface area contributed by atoms with Gasteiger partial charge in [0, 0.05) is 7.11 Å². The van der Waals surface area contributed by atoms with Crippen molar-refractivity contribution in [3.8, 4) is 0 Å². The number of amides is 2. The number of carbonyl (C=O) groups excluding carboxylic acids is 2. The van der Waals surface area contributed by atoms with Gasteiger partial charge in [-0.05, 0) is 53.9 Å². The van der Waals surface area contributed by atoms with Crippen molar-refractivity contribution < 1.29 is 33.6 Å². The smallest absolute Gasteiger partial charge is 0.408 e. The highest BCUT2D eigenvalue weighted by Gasteiger charge is 2.72. The van der Waals surface area contributed by atoms with Gasteiger partial charge in [0.05, 0.1) is 24.2 Å². The predicted molar refractivity (Wildman–Crippen MR) is 112 cm³/mol. The molecule has 0 aromatic heterocycles. The maximum absolute atomic E-state index is 12.5. The normalized spacial score (nSPS) is 37.6. The van der Waals surface area contributed by atoms with Crippen LogP contribution in [0.5, 0.6) is 0 Å². The number of rotatable bonds is 8. The third-order valence-corrected chi connectivity index (χ3v) is 6.75. The number of methoxy groups -OCH3 is 1. The fourth-order valence-electron chi connectivity index (χ4n) is 4.96. The standard InChI is InChI=1S/C22H36N2O7/c1-12(2)7-8-14-21(5,31-14)16-15(28-6)13(9-10-22(16)11-29-22)30-19(26)24-17(18(23)25)20(3,4)27/h7,13-17,27H,8-11H2,1-6H3,(H2,23,25)(H,24,26)/t13-,14-,15-,16?,17+,21?,22+/m1/s1. The monoisotopic (exact) mass is 440 g/mol. The number of hydrogen-bond acceptors (Lipinski definition) is 7. The van der Waals surface area contributed by atoms with E-state index in [9.17, 15) is 14.7 Å². The predicted octanol–water partition coefficient (Wildman–Crippen LogP) is 1.41. The Kier molecular flexibility index (Phi) is 6.46. The summed E-state index contributed by atoms with van der Waals surface area (Å²) in [6, 6.07) is -1.28. The zero-order chi connectivity index (χ0) is 23.2. The molecule has 3 aliphatic rings. The highest BCUT2D eigenvalue weighted by molar-refractivity contribution is 5.85. The number of allylic oxidation sites excluding steroid dienone is 1. The first kappa shape index (κ1) is 24.0. The zero-order valence-electron chi connectivity index (χ0n) is 19.3. The average Bonchev–Trinajstić information content (AvgIpc) is 3.56. The number of epoxide rings is 2. The van der Waals surface area contributed by atoms with E-state index in [-0.39, 0.29) is 17.6 Å². The highest BCUT2D eigenvalue weighted by atomic mass is 16.6. The molecule has 1 spiro atoms. The van der Waals surface area contributed by atoms with Crippen molar-refractivity contribution in [3.63, 3.8) is 0 Å². The van der Waals surface area contributed by atoms with Crippen molar-refractivity contribution in [3.05, 3.63) is 11.6 Å². The quantitative estimate of drug-likeness (QED) is 0.383. The van der Waals surface area contributed by atoms with E-state index in [1.807, 2.05) is 0 Å². The molecule has 2 aliphatic heterocycles. The van der Waals surface area contributed by atoms with Gasteiger partial charge in [-0.2, -0.15) is 0 Å². The molecule has 176 valence electrons. The Morgan fingerprint density at radius 1 is 1.39 bits per heavy atom. The zero-order valence-corrected chi connectivity index (χ0v) is 19.3. The van der Waals surface area contributed by atoms with Gasteiger partial charge in [0.2, 0.25) is 5.91 Å². The summed E-state index contributed by atoms with van der Waals surface area (Å²) in [6.45, 7) is 9.59. The Labute approximate surface area is 183 Å². The molecule has 9 nitrogen and oxygen atoms in total. The molecule has 1 aliphatic carbocycles. The molecule has 4 N–H and O–H groups in total. The molecule has 1 saturated carbocycles. The lowest BCUT2D eigenvalue weighted by Gasteiger charge is -2.42. The number of alkyl carbamates (subject to hydrolysis) is 1. The minimum absolute atomic E-state index is 0.0492. The largest absolute Gasteiger partial charge is 0.443 e. The molecule has 0 bridgehead atoms. The Hall–Kier alpha value is -1.68. The number of primary amides is 1. The summed E-state index contributed by atoms with van der Waals surface area (Å²) < 4.78 is 23.5. The Balaban J connectivity index is 1.72. The molecular weight excluding hydrogens is 404 g/mol. The van der Waals surface area contributed by atoms with Crippen molar-refractivity contribution in [2.75, 3.05) is 13.7 Å². The van der Waals surface area contributed by atoms with Crippen molar-refractivity contribution in [1.82, 2.24) is 5.32 Å². The summed E-state index contributed by atoms with van der Waals surface area (Å²) >= 11 is 0. The van der Waals surface area contributed by atoms with E-state index in [4.69, 9.17) is 24.7 Å². The van der Waals surface area contributed by atoms with E-state index >= 15 is 0 Å². The molecule has 2 heterocycles. The number of nitrogens with one attached hydrogen (secondary N) is 1. The van der Waals surface area contributed by atoms with Gasteiger partial charge in [0.15, 0.2) is 0 Å².